The average molecular weight is 210 g/mol. The molecule has 1 fully saturated rings. The zero-order valence-corrected chi connectivity index (χ0v) is 9.14. The first-order valence-corrected chi connectivity index (χ1v) is 5.86. The molecule has 2 rings (SSSR count). The fourth-order valence-electron chi connectivity index (χ4n) is 1.75. The third-order valence-corrected chi connectivity index (χ3v) is 3.50. The van der Waals surface area contributed by atoms with E-state index in [4.69, 9.17) is 0 Å². The second kappa shape index (κ2) is 4.09. The molecule has 1 amide bonds. The number of rotatable bonds is 1. The number of carbonyl (C=O) groups excluding carboxylic acids is 1. The number of hydrogen-bond donors (Lipinski definition) is 0. The van der Waals surface area contributed by atoms with Gasteiger partial charge in [-0.05, 0) is 26.2 Å². The first-order valence-electron chi connectivity index (χ1n) is 4.98. The van der Waals surface area contributed by atoms with Crippen molar-refractivity contribution in [3.63, 3.8) is 0 Å². The number of carbonyl (C=O) groups is 1. The summed E-state index contributed by atoms with van der Waals surface area (Å²) in [7, 11) is 0. The van der Waals surface area contributed by atoms with E-state index in [-0.39, 0.29) is 5.91 Å². The van der Waals surface area contributed by atoms with Crippen molar-refractivity contribution in [3.8, 4) is 0 Å². The maximum absolute atomic E-state index is 12.0. The van der Waals surface area contributed by atoms with Gasteiger partial charge in [-0.2, -0.15) is 0 Å². The minimum absolute atomic E-state index is 0.171. The molecule has 76 valence electrons. The van der Waals surface area contributed by atoms with Gasteiger partial charge < -0.3 is 4.90 Å². The van der Waals surface area contributed by atoms with E-state index >= 15 is 0 Å². The summed E-state index contributed by atoms with van der Waals surface area (Å²) in [6, 6.07) is 0. The number of piperidine rings is 1. The number of amides is 1. The molecule has 0 aliphatic carbocycles. The fraction of sp³-hybridized carbons (Fsp3) is 0.600. The Morgan fingerprint density at radius 3 is 2.71 bits per heavy atom. The predicted molar refractivity (Wildman–Crippen MR) is 56.6 cm³/mol. The molecule has 0 saturated carbocycles. The van der Waals surface area contributed by atoms with Crippen LogP contribution in [0.1, 0.15) is 34.6 Å². The summed E-state index contributed by atoms with van der Waals surface area (Å²) in [4.78, 5) is 18.8. The largest absolute Gasteiger partial charge is 0.338 e. The Balaban J connectivity index is 2.11. The highest BCUT2D eigenvalue weighted by atomic mass is 32.1. The molecule has 1 aliphatic rings. The quantitative estimate of drug-likeness (QED) is 0.711. The lowest BCUT2D eigenvalue weighted by molar-refractivity contribution is 0.0728. The molecule has 3 nitrogen and oxygen atoms in total. The lowest BCUT2D eigenvalue weighted by Crippen LogP contribution is -2.35. The van der Waals surface area contributed by atoms with Crippen LogP contribution in [0.25, 0.3) is 0 Å². The zero-order valence-electron chi connectivity index (χ0n) is 8.32. The molecule has 1 aromatic heterocycles. The highest BCUT2D eigenvalue weighted by Crippen LogP contribution is 2.18. The summed E-state index contributed by atoms with van der Waals surface area (Å²) in [6.45, 7) is 3.72. The standard InChI is InChI=1S/C10H14N2OS/c1-8-9(14-7-11-8)10(13)12-5-3-2-4-6-12/h7H,2-6H2,1H3. The van der Waals surface area contributed by atoms with E-state index < -0.39 is 0 Å². The second-order valence-corrected chi connectivity index (χ2v) is 4.47. The molecule has 2 heterocycles. The highest BCUT2D eigenvalue weighted by molar-refractivity contribution is 7.11. The van der Waals surface area contributed by atoms with Gasteiger partial charge in [-0.25, -0.2) is 4.98 Å². The molecule has 4 heteroatoms. The van der Waals surface area contributed by atoms with Crippen LogP contribution in [0.3, 0.4) is 0 Å². The maximum atomic E-state index is 12.0. The minimum atomic E-state index is 0.171. The maximum Gasteiger partial charge on any atom is 0.265 e. The molecule has 0 unspecified atom stereocenters. The zero-order chi connectivity index (χ0) is 9.97. The van der Waals surface area contributed by atoms with Gasteiger partial charge in [-0.15, -0.1) is 11.3 Å². The van der Waals surface area contributed by atoms with Crippen molar-refractivity contribution < 1.29 is 4.79 Å². The van der Waals surface area contributed by atoms with Crippen LogP contribution in [0.15, 0.2) is 5.51 Å². The molecule has 1 saturated heterocycles. The van der Waals surface area contributed by atoms with Gasteiger partial charge in [0.05, 0.1) is 11.2 Å². The molecule has 0 N–H and O–H groups in total. The minimum Gasteiger partial charge on any atom is -0.338 e. The summed E-state index contributed by atoms with van der Waals surface area (Å²) < 4.78 is 0. The van der Waals surface area contributed by atoms with E-state index in [1.54, 1.807) is 5.51 Å². The molecule has 1 aliphatic heterocycles. The van der Waals surface area contributed by atoms with Crippen molar-refractivity contribution in [2.75, 3.05) is 13.1 Å². The fourth-order valence-corrected chi connectivity index (χ4v) is 2.52. The molecular formula is C10H14N2OS. The molecule has 0 atom stereocenters. The normalized spacial score (nSPS) is 17.1. The van der Waals surface area contributed by atoms with Crippen molar-refractivity contribution >= 4 is 17.2 Å². The SMILES string of the molecule is Cc1ncsc1C(=O)N1CCCCC1. The number of hydrogen-bond acceptors (Lipinski definition) is 3. The van der Waals surface area contributed by atoms with Gasteiger partial charge in [0.25, 0.3) is 5.91 Å². The molecule has 0 radical (unpaired) electrons. The molecular weight excluding hydrogens is 196 g/mol. The van der Waals surface area contributed by atoms with Crippen LogP contribution in [0.2, 0.25) is 0 Å². The van der Waals surface area contributed by atoms with Gasteiger partial charge in [0, 0.05) is 13.1 Å². The van der Waals surface area contributed by atoms with Crippen molar-refractivity contribution in [1.29, 1.82) is 0 Å². The van der Waals surface area contributed by atoms with E-state index in [0.29, 0.717) is 0 Å². The number of thiazole rings is 1. The second-order valence-electron chi connectivity index (χ2n) is 3.62. The molecule has 14 heavy (non-hydrogen) atoms. The van der Waals surface area contributed by atoms with Gasteiger partial charge in [0.15, 0.2) is 0 Å². The summed E-state index contributed by atoms with van der Waals surface area (Å²) >= 11 is 1.45. The van der Waals surface area contributed by atoms with E-state index in [2.05, 4.69) is 4.98 Å². The topological polar surface area (TPSA) is 33.2 Å². The van der Waals surface area contributed by atoms with Gasteiger partial charge in [-0.1, -0.05) is 0 Å². The summed E-state index contributed by atoms with van der Waals surface area (Å²) in [6.07, 6.45) is 3.54. The highest BCUT2D eigenvalue weighted by Gasteiger charge is 2.20. The van der Waals surface area contributed by atoms with E-state index in [1.807, 2.05) is 11.8 Å². The van der Waals surface area contributed by atoms with Crippen LogP contribution in [0.4, 0.5) is 0 Å². The smallest absolute Gasteiger partial charge is 0.265 e. The first kappa shape index (κ1) is 9.65. The van der Waals surface area contributed by atoms with E-state index in [9.17, 15) is 4.79 Å². The van der Waals surface area contributed by atoms with Crippen LogP contribution in [-0.4, -0.2) is 28.9 Å². The molecule has 0 bridgehead atoms. The van der Waals surface area contributed by atoms with Gasteiger partial charge >= 0.3 is 0 Å². The number of likely N-dealkylation sites (tertiary alicyclic amines) is 1. The Kier molecular flexibility index (Phi) is 2.82. The Morgan fingerprint density at radius 1 is 1.43 bits per heavy atom. The molecule has 0 spiro atoms. The Morgan fingerprint density at radius 2 is 2.14 bits per heavy atom. The third-order valence-electron chi connectivity index (χ3n) is 2.58. The van der Waals surface area contributed by atoms with Crippen LogP contribution in [-0.2, 0) is 0 Å². The van der Waals surface area contributed by atoms with Crippen LogP contribution in [0.5, 0.6) is 0 Å². The lowest BCUT2D eigenvalue weighted by Gasteiger charge is -2.26. The summed E-state index contributed by atoms with van der Waals surface area (Å²) in [5.74, 6) is 0.171. The van der Waals surface area contributed by atoms with Crippen LogP contribution < -0.4 is 0 Å². The van der Waals surface area contributed by atoms with Crippen molar-refractivity contribution in [2.24, 2.45) is 0 Å². The monoisotopic (exact) mass is 210 g/mol. The number of aryl methyl sites for hydroxylation is 1. The average Bonchev–Trinajstić information content (AvgIpc) is 2.65. The van der Waals surface area contributed by atoms with Crippen molar-refractivity contribution in [1.82, 2.24) is 9.88 Å². The van der Waals surface area contributed by atoms with Gasteiger partial charge in [0.2, 0.25) is 0 Å². The number of nitrogens with zero attached hydrogens (tertiary/aromatic N) is 2. The third kappa shape index (κ3) is 1.80. The number of aromatic nitrogens is 1. The van der Waals surface area contributed by atoms with Crippen LogP contribution >= 0.6 is 11.3 Å². The lowest BCUT2D eigenvalue weighted by atomic mass is 10.1. The predicted octanol–water partition coefficient (Wildman–Crippen LogP) is 2.08. The molecule has 1 aromatic rings. The summed E-state index contributed by atoms with van der Waals surface area (Å²) in [5, 5.41) is 0. The Hall–Kier alpha value is -0.900. The Bertz CT molecular complexity index is 329. The van der Waals surface area contributed by atoms with Crippen molar-refractivity contribution in [3.05, 3.63) is 16.1 Å². The molecule has 0 aromatic carbocycles. The van der Waals surface area contributed by atoms with Crippen molar-refractivity contribution in [2.45, 2.75) is 26.2 Å². The first-order chi connectivity index (χ1) is 6.79. The van der Waals surface area contributed by atoms with E-state index in [0.717, 1.165) is 36.5 Å². The summed E-state index contributed by atoms with van der Waals surface area (Å²) in [5.41, 5.74) is 2.61. The van der Waals surface area contributed by atoms with Gasteiger partial charge in [0.1, 0.15) is 4.88 Å². The van der Waals surface area contributed by atoms with Gasteiger partial charge in [-0.3, -0.25) is 4.79 Å². The van der Waals surface area contributed by atoms with E-state index in [1.165, 1.54) is 17.8 Å². The van der Waals surface area contributed by atoms with Crippen LogP contribution in [0, 0.1) is 6.92 Å². The Labute approximate surface area is 87.8 Å².